The van der Waals surface area contributed by atoms with Crippen LogP contribution >= 0.6 is 7.80 Å². The first kappa shape index (κ1) is 25.2. The number of halogens is 6. The van der Waals surface area contributed by atoms with Gasteiger partial charge < -0.3 is 4.57 Å². The van der Waals surface area contributed by atoms with Crippen molar-refractivity contribution in [3.05, 3.63) is 70.8 Å². The Labute approximate surface area is 177 Å². The number of benzene rings is 2. The van der Waals surface area contributed by atoms with Gasteiger partial charge in [-0.05, 0) is 37.0 Å². The first-order chi connectivity index (χ1) is 14.5. The van der Waals surface area contributed by atoms with E-state index >= 15 is 0 Å². The molecule has 0 aliphatic carbocycles. The van der Waals surface area contributed by atoms with Crippen LogP contribution in [-0.2, 0) is 23.3 Å². The molecule has 1 unspecified atom stereocenters. The average Bonchev–Trinajstić information content (AvgIpc) is 2.71. The number of carbonyl (C=O) groups is 1. The number of alkyl halides is 6. The predicted octanol–water partition coefficient (Wildman–Crippen LogP) is 7.62. The number of hydrogen-bond donors (Lipinski definition) is 0. The molecule has 1 atom stereocenters. The monoisotopic (exact) mass is 464 g/mol. The molecule has 0 fully saturated rings. The zero-order valence-corrected chi connectivity index (χ0v) is 17.7. The maximum atomic E-state index is 13.2. The summed E-state index contributed by atoms with van der Waals surface area (Å²) in [7, 11) is -3.31. The molecule has 2 nitrogen and oxygen atoms in total. The highest BCUT2D eigenvalue weighted by Crippen LogP contribution is 2.43. The second-order valence-electron chi connectivity index (χ2n) is 7.23. The van der Waals surface area contributed by atoms with E-state index in [4.69, 9.17) is 0 Å². The van der Waals surface area contributed by atoms with Gasteiger partial charge in [0.15, 0.2) is 0 Å². The van der Waals surface area contributed by atoms with Crippen molar-refractivity contribution in [2.45, 2.75) is 50.9 Å². The van der Waals surface area contributed by atoms with Gasteiger partial charge in [-0.3, -0.25) is 4.79 Å². The minimum absolute atomic E-state index is 0.203. The molecule has 0 N–H and O–H groups in total. The molecule has 170 valence electrons. The predicted molar refractivity (Wildman–Crippen MR) is 108 cm³/mol. The fourth-order valence-electron chi connectivity index (χ4n) is 3.31. The normalized spacial score (nSPS) is 13.2. The highest BCUT2D eigenvalue weighted by molar-refractivity contribution is 7.64. The third kappa shape index (κ3) is 7.53. The van der Waals surface area contributed by atoms with Crippen LogP contribution in [0.2, 0.25) is 0 Å². The highest BCUT2D eigenvalue weighted by atomic mass is 31.1. The summed E-state index contributed by atoms with van der Waals surface area (Å²) in [4.78, 5) is 12.3. The number of hydrogen-bond acceptors (Lipinski definition) is 2. The van der Waals surface area contributed by atoms with Gasteiger partial charge in [-0.1, -0.05) is 55.7 Å². The Morgan fingerprint density at radius 1 is 0.710 bits per heavy atom. The van der Waals surface area contributed by atoms with Crippen LogP contribution in [0.3, 0.4) is 0 Å². The van der Waals surface area contributed by atoms with Crippen LogP contribution in [0.25, 0.3) is 0 Å². The van der Waals surface area contributed by atoms with Crippen LogP contribution in [0.15, 0.2) is 48.5 Å². The van der Waals surface area contributed by atoms with Crippen LogP contribution in [0, 0.1) is 0 Å². The molecule has 9 heteroatoms. The van der Waals surface area contributed by atoms with Gasteiger partial charge in [-0.2, -0.15) is 26.3 Å². The Morgan fingerprint density at radius 2 is 1.23 bits per heavy atom. The fraction of sp³-hybridized carbons (Fsp3) is 0.409. The number of unbranched alkanes of at least 4 members (excludes halogenated alkanes) is 4. The quantitative estimate of drug-likeness (QED) is 0.206. The Morgan fingerprint density at radius 3 is 1.77 bits per heavy atom. The Balaban J connectivity index is 1.92. The number of carbonyl (C=O) groups excluding carboxylic acids is 1. The van der Waals surface area contributed by atoms with Gasteiger partial charge in [-0.15, -0.1) is 0 Å². The summed E-state index contributed by atoms with van der Waals surface area (Å²) < 4.78 is 91.3. The first-order valence-corrected chi connectivity index (χ1v) is 11.5. The number of rotatable bonds is 10. The van der Waals surface area contributed by atoms with Crippen LogP contribution in [0.1, 0.15) is 59.2 Å². The lowest BCUT2D eigenvalue weighted by molar-refractivity contribution is -0.143. The maximum absolute atomic E-state index is 13.2. The van der Waals surface area contributed by atoms with Gasteiger partial charge in [0, 0.05) is 11.7 Å². The second kappa shape index (κ2) is 11.0. The minimum Gasteiger partial charge on any atom is -0.318 e. The molecule has 0 heterocycles. The maximum Gasteiger partial charge on any atom is 0.417 e. The Hall–Kier alpha value is -2.08. The van der Waals surface area contributed by atoms with Crippen LogP contribution in [0.5, 0.6) is 0 Å². The summed E-state index contributed by atoms with van der Waals surface area (Å²) in [6.45, 7) is 0. The number of aryl methyl sites for hydroxylation is 1. The Kier molecular flexibility index (Phi) is 8.92. The van der Waals surface area contributed by atoms with Crippen molar-refractivity contribution in [3.63, 3.8) is 0 Å². The summed E-state index contributed by atoms with van der Waals surface area (Å²) in [5.74, 6) is 0. The summed E-state index contributed by atoms with van der Waals surface area (Å²) in [5.41, 5.74) is -5.29. The van der Waals surface area contributed by atoms with Crippen LogP contribution in [-0.4, -0.2) is 11.7 Å². The molecule has 0 aliphatic heterocycles. The molecule has 0 aliphatic rings. The average molecular weight is 464 g/mol. The van der Waals surface area contributed by atoms with Crippen molar-refractivity contribution < 1.29 is 35.7 Å². The van der Waals surface area contributed by atoms with E-state index < -0.39 is 42.4 Å². The van der Waals surface area contributed by atoms with Crippen molar-refractivity contribution in [1.29, 1.82) is 0 Å². The summed E-state index contributed by atoms with van der Waals surface area (Å²) in [6, 6.07) is 11.3. The molecule has 0 amide bonds. The minimum atomic E-state index is -5.16. The summed E-state index contributed by atoms with van der Waals surface area (Å²) in [6.07, 6.45) is -6.10. The van der Waals surface area contributed by atoms with Crippen LogP contribution < -0.4 is 0 Å². The van der Waals surface area contributed by atoms with Gasteiger partial charge in [-0.25, -0.2) is 0 Å². The van der Waals surface area contributed by atoms with Gasteiger partial charge >= 0.3 is 12.4 Å². The van der Waals surface area contributed by atoms with E-state index in [2.05, 4.69) is 0 Å². The van der Waals surface area contributed by atoms with E-state index in [0.29, 0.717) is 31.0 Å². The molecule has 2 aromatic carbocycles. The molecule has 0 radical (unpaired) electrons. The lowest BCUT2D eigenvalue weighted by Crippen LogP contribution is -2.19. The van der Waals surface area contributed by atoms with E-state index in [1.807, 2.05) is 30.3 Å². The van der Waals surface area contributed by atoms with Crippen LogP contribution in [0.4, 0.5) is 26.3 Å². The molecular weight excluding hydrogens is 441 g/mol. The van der Waals surface area contributed by atoms with E-state index in [0.717, 1.165) is 25.7 Å². The second-order valence-corrected chi connectivity index (χ2v) is 9.03. The summed E-state index contributed by atoms with van der Waals surface area (Å²) >= 11 is 0. The zero-order valence-electron chi connectivity index (χ0n) is 16.7. The molecule has 0 spiro atoms. The third-order valence-electron chi connectivity index (χ3n) is 4.87. The van der Waals surface area contributed by atoms with Crippen molar-refractivity contribution in [2.24, 2.45) is 0 Å². The van der Waals surface area contributed by atoms with E-state index in [-0.39, 0.29) is 6.16 Å². The van der Waals surface area contributed by atoms with Gasteiger partial charge in [0.2, 0.25) is 5.52 Å². The lowest BCUT2D eigenvalue weighted by Gasteiger charge is -2.17. The van der Waals surface area contributed by atoms with Crippen molar-refractivity contribution >= 4 is 13.3 Å². The highest BCUT2D eigenvalue weighted by Gasteiger charge is 2.43. The van der Waals surface area contributed by atoms with E-state index in [1.54, 1.807) is 0 Å². The standard InChI is InChI=1S/C22H23F6O2P/c23-21(24,25)17-13-9-14-18(22(26,27)28)19(17)20(29)31(30)15-8-3-1-2-5-10-16-11-6-4-7-12-16/h4,6-7,9,11-14,31H,1-3,5,8,10,15H2. The first-order valence-electron chi connectivity index (χ1n) is 9.90. The van der Waals surface area contributed by atoms with E-state index in [9.17, 15) is 35.7 Å². The van der Waals surface area contributed by atoms with Gasteiger partial charge in [0.1, 0.15) is 7.80 Å². The van der Waals surface area contributed by atoms with Crippen molar-refractivity contribution in [2.75, 3.05) is 6.16 Å². The molecule has 0 saturated heterocycles. The third-order valence-corrected chi connectivity index (χ3v) is 6.43. The largest absolute Gasteiger partial charge is 0.417 e. The molecule has 0 bridgehead atoms. The molecule has 2 rings (SSSR count). The molecule has 2 aromatic rings. The van der Waals surface area contributed by atoms with Gasteiger partial charge in [0.05, 0.1) is 11.1 Å². The lowest BCUT2D eigenvalue weighted by atomic mass is 10.0. The SMILES string of the molecule is O=C(c1c(C(F)(F)F)cccc1C(F)(F)F)[PH](=O)CCCCCCCc1ccccc1. The van der Waals surface area contributed by atoms with Crippen molar-refractivity contribution in [1.82, 2.24) is 0 Å². The Bertz CT molecular complexity index is 859. The van der Waals surface area contributed by atoms with Gasteiger partial charge in [0.25, 0.3) is 0 Å². The molecule has 31 heavy (non-hydrogen) atoms. The molecule has 0 saturated carbocycles. The molecule has 0 aromatic heterocycles. The summed E-state index contributed by atoms with van der Waals surface area (Å²) in [5, 5.41) is 0. The fourth-order valence-corrected chi connectivity index (χ4v) is 4.66. The van der Waals surface area contributed by atoms with E-state index in [1.165, 1.54) is 5.56 Å². The topological polar surface area (TPSA) is 34.1 Å². The smallest absolute Gasteiger partial charge is 0.318 e. The molecular formula is C22H23F6O2P. The zero-order chi connectivity index (χ0) is 23.1. The van der Waals surface area contributed by atoms with Crippen molar-refractivity contribution in [3.8, 4) is 0 Å².